The summed E-state index contributed by atoms with van der Waals surface area (Å²) >= 11 is 5.76. The molecule has 0 amide bonds. The number of nitro benzene ring substituents is 1. The van der Waals surface area contributed by atoms with Gasteiger partial charge in [-0.3, -0.25) is 10.1 Å². The third-order valence-corrected chi connectivity index (χ3v) is 3.46. The average Bonchev–Trinajstić information content (AvgIpc) is 2.88. The first-order valence-corrected chi connectivity index (χ1v) is 6.33. The van der Waals surface area contributed by atoms with E-state index in [0.29, 0.717) is 5.69 Å². The molecule has 104 valence electrons. The third kappa shape index (κ3) is 3.08. The Morgan fingerprint density at radius 2 is 2.05 bits per heavy atom. The van der Waals surface area contributed by atoms with Crippen molar-refractivity contribution in [2.75, 3.05) is 5.32 Å². The SMILES string of the molecule is O=[N+]([O-])c1ccc(NC(=S)c2snnc2C(F)F)cc1. The maximum atomic E-state index is 12.6. The van der Waals surface area contributed by atoms with E-state index in [0.717, 1.165) is 11.5 Å². The highest BCUT2D eigenvalue weighted by Gasteiger charge is 2.21. The summed E-state index contributed by atoms with van der Waals surface area (Å²) in [5, 5.41) is 16.5. The molecule has 0 saturated heterocycles. The first kappa shape index (κ1) is 14.3. The molecule has 1 heterocycles. The number of thiocarbonyl (C=S) groups is 1. The Bertz CT molecular complexity index is 645. The zero-order valence-corrected chi connectivity index (χ0v) is 11.3. The number of non-ortho nitro benzene ring substituents is 1. The van der Waals surface area contributed by atoms with E-state index >= 15 is 0 Å². The van der Waals surface area contributed by atoms with Crippen molar-refractivity contribution in [3.8, 4) is 0 Å². The molecule has 0 aliphatic heterocycles. The smallest absolute Gasteiger partial charge is 0.283 e. The number of nitrogens with one attached hydrogen (secondary N) is 1. The molecule has 6 nitrogen and oxygen atoms in total. The molecule has 1 N–H and O–H groups in total. The van der Waals surface area contributed by atoms with Crippen molar-refractivity contribution in [3.63, 3.8) is 0 Å². The maximum Gasteiger partial charge on any atom is 0.283 e. The Balaban J connectivity index is 2.15. The van der Waals surface area contributed by atoms with Gasteiger partial charge in [0.05, 0.1) is 4.92 Å². The summed E-state index contributed by atoms with van der Waals surface area (Å²) in [4.78, 5) is 10.1. The molecule has 0 atom stereocenters. The number of hydrogen-bond donors (Lipinski definition) is 1. The van der Waals surface area contributed by atoms with Crippen molar-refractivity contribution in [1.82, 2.24) is 9.59 Å². The maximum absolute atomic E-state index is 12.6. The Hall–Kier alpha value is -2.07. The molecular weight excluding hydrogens is 310 g/mol. The molecule has 1 aromatic carbocycles. The van der Waals surface area contributed by atoms with E-state index in [1.54, 1.807) is 0 Å². The standard InChI is InChI=1S/C10H6F2N4O2S2/c11-9(12)7-8(20-15-14-7)10(19)13-5-1-3-6(4-2-5)16(17)18/h1-4,9H,(H,13,19). The number of alkyl halides is 2. The highest BCUT2D eigenvalue weighted by atomic mass is 32.1. The molecule has 0 spiro atoms. The zero-order chi connectivity index (χ0) is 14.7. The van der Waals surface area contributed by atoms with Crippen LogP contribution >= 0.6 is 23.8 Å². The molecule has 1 aromatic heterocycles. The van der Waals surface area contributed by atoms with Gasteiger partial charge in [-0.25, -0.2) is 8.78 Å². The lowest BCUT2D eigenvalue weighted by Crippen LogP contribution is -2.11. The normalized spacial score (nSPS) is 10.6. The lowest BCUT2D eigenvalue weighted by molar-refractivity contribution is -0.384. The lowest BCUT2D eigenvalue weighted by Gasteiger charge is -2.06. The fourth-order valence-electron chi connectivity index (χ4n) is 1.35. The molecular formula is C10H6F2N4O2S2. The van der Waals surface area contributed by atoms with Gasteiger partial charge < -0.3 is 5.32 Å². The molecule has 2 rings (SSSR count). The summed E-state index contributed by atoms with van der Waals surface area (Å²) in [7, 11) is 0. The average molecular weight is 316 g/mol. The quantitative estimate of drug-likeness (QED) is 0.530. The van der Waals surface area contributed by atoms with Crippen molar-refractivity contribution in [2.45, 2.75) is 6.43 Å². The molecule has 20 heavy (non-hydrogen) atoms. The van der Waals surface area contributed by atoms with Gasteiger partial charge >= 0.3 is 0 Å². The van der Waals surface area contributed by atoms with E-state index in [2.05, 4.69) is 14.9 Å². The van der Waals surface area contributed by atoms with Gasteiger partial charge in [-0.15, -0.1) is 5.10 Å². The van der Waals surface area contributed by atoms with Crippen LogP contribution in [0.2, 0.25) is 0 Å². The number of hydrogen-bond acceptors (Lipinski definition) is 6. The van der Waals surface area contributed by atoms with Crippen molar-refractivity contribution < 1.29 is 13.7 Å². The molecule has 0 aliphatic rings. The van der Waals surface area contributed by atoms with Crippen LogP contribution in [0.3, 0.4) is 0 Å². The molecule has 0 aliphatic carbocycles. The Morgan fingerprint density at radius 3 is 2.60 bits per heavy atom. The van der Waals surface area contributed by atoms with E-state index in [-0.39, 0.29) is 15.6 Å². The summed E-state index contributed by atoms with van der Waals surface area (Å²) in [5.41, 5.74) is -0.0992. The van der Waals surface area contributed by atoms with Crippen LogP contribution in [0, 0.1) is 10.1 Å². The number of nitro groups is 1. The monoisotopic (exact) mass is 316 g/mol. The van der Waals surface area contributed by atoms with E-state index in [1.165, 1.54) is 24.3 Å². The zero-order valence-electron chi connectivity index (χ0n) is 9.62. The summed E-state index contributed by atoms with van der Waals surface area (Å²) in [6.07, 6.45) is -2.76. The number of anilines is 1. The van der Waals surface area contributed by atoms with Gasteiger partial charge in [0.2, 0.25) is 0 Å². The van der Waals surface area contributed by atoms with Crippen molar-refractivity contribution in [1.29, 1.82) is 0 Å². The van der Waals surface area contributed by atoms with E-state index in [9.17, 15) is 18.9 Å². The number of benzene rings is 1. The molecule has 0 unspecified atom stereocenters. The number of aromatic nitrogens is 2. The van der Waals surface area contributed by atoms with E-state index in [1.807, 2.05) is 0 Å². The summed E-state index contributed by atoms with van der Waals surface area (Å²) in [6, 6.07) is 5.43. The number of rotatable bonds is 4. The van der Waals surface area contributed by atoms with Crippen molar-refractivity contribution in [3.05, 3.63) is 45.0 Å². The minimum absolute atomic E-state index is 0.0455. The van der Waals surface area contributed by atoms with Gasteiger partial charge in [0.15, 0.2) is 5.69 Å². The Labute approximate surface area is 120 Å². The number of halogens is 2. The number of nitrogens with zero attached hydrogens (tertiary/aromatic N) is 3. The van der Waals surface area contributed by atoms with Gasteiger partial charge in [0.1, 0.15) is 9.87 Å². The van der Waals surface area contributed by atoms with Crippen LogP contribution in [0.1, 0.15) is 17.0 Å². The van der Waals surface area contributed by atoms with E-state index < -0.39 is 17.0 Å². The fraction of sp³-hybridized carbons (Fsp3) is 0.100. The summed E-state index contributed by atoms with van der Waals surface area (Å²) < 4.78 is 28.7. The van der Waals surface area contributed by atoms with E-state index in [4.69, 9.17) is 12.2 Å². The molecule has 0 bridgehead atoms. The molecule has 0 radical (unpaired) electrons. The molecule has 2 aromatic rings. The van der Waals surface area contributed by atoms with Crippen LogP contribution in [-0.2, 0) is 0 Å². The second-order valence-corrected chi connectivity index (χ2v) is 4.71. The van der Waals surface area contributed by atoms with Gasteiger partial charge in [-0.2, -0.15) is 0 Å². The third-order valence-electron chi connectivity index (χ3n) is 2.26. The fourth-order valence-corrected chi connectivity index (χ4v) is 2.25. The topological polar surface area (TPSA) is 81.0 Å². The van der Waals surface area contributed by atoms with Gasteiger partial charge in [0.25, 0.3) is 12.1 Å². The molecule has 0 fully saturated rings. The first-order chi connectivity index (χ1) is 9.49. The van der Waals surface area contributed by atoms with Crippen LogP contribution in [0.15, 0.2) is 24.3 Å². The summed E-state index contributed by atoms with van der Waals surface area (Å²) in [5.74, 6) is 0. The largest absolute Gasteiger partial charge is 0.345 e. The minimum atomic E-state index is -2.76. The van der Waals surface area contributed by atoms with Crippen molar-refractivity contribution >= 4 is 40.1 Å². The predicted octanol–water partition coefficient (Wildman–Crippen LogP) is 3.17. The predicted molar refractivity (Wildman–Crippen MR) is 73.3 cm³/mol. The van der Waals surface area contributed by atoms with Crippen LogP contribution in [0.25, 0.3) is 0 Å². The van der Waals surface area contributed by atoms with Crippen LogP contribution < -0.4 is 5.32 Å². The summed E-state index contributed by atoms with van der Waals surface area (Å²) in [6.45, 7) is 0. The Kier molecular flexibility index (Phi) is 4.25. The highest BCUT2D eigenvalue weighted by molar-refractivity contribution is 7.81. The van der Waals surface area contributed by atoms with Crippen LogP contribution in [0.5, 0.6) is 0 Å². The second-order valence-electron chi connectivity index (χ2n) is 3.55. The van der Waals surface area contributed by atoms with Crippen LogP contribution in [-0.4, -0.2) is 19.5 Å². The molecule has 0 saturated carbocycles. The van der Waals surface area contributed by atoms with Gasteiger partial charge in [0, 0.05) is 17.8 Å². The second kappa shape index (κ2) is 5.92. The Morgan fingerprint density at radius 1 is 1.40 bits per heavy atom. The highest BCUT2D eigenvalue weighted by Crippen LogP contribution is 2.24. The minimum Gasteiger partial charge on any atom is -0.345 e. The lowest BCUT2D eigenvalue weighted by atomic mass is 10.2. The first-order valence-electron chi connectivity index (χ1n) is 5.15. The van der Waals surface area contributed by atoms with Crippen LogP contribution in [0.4, 0.5) is 20.2 Å². The van der Waals surface area contributed by atoms with Gasteiger partial charge in [-0.1, -0.05) is 16.7 Å². The van der Waals surface area contributed by atoms with Crippen molar-refractivity contribution in [2.24, 2.45) is 0 Å². The van der Waals surface area contributed by atoms with Gasteiger partial charge in [-0.05, 0) is 23.7 Å². The molecule has 10 heteroatoms.